The van der Waals surface area contributed by atoms with Crippen LogP contribution in [0.25, 0.3) is 0 Å². The Morgan fingerprint density at radius 2 is 2.00 bits per heavy atom. The highest BCUT2D eigenvalue weighted by molar-refractivity contribution is 7.57. The summed E-state index contributed by atoms with van der Waals surface area (Å²) in [4.78, 5) is 0. The second-order valence-corrected chi connectivity index (χ2v) is 5.33. The van der Waals surface area contributed by atoms with Gasteiger partial charge in [-0.05, 0) is 18.8 Å². The van der Waals surface area contributed by atoms with Crippen LogP contribution in [0.1, 0.15) is 19.3 Å². The molecule has 0 amide bonds. The van der Waals surface area contributed by atoms with Gasteiger partial charge in [-0.1, -0.05) is 0 Å². The van der Waals surface area contributed by atoms with Crippen molar-refractivity contribution in [3.63, 3.8) is 0 Å². The minimum atomic E-state index is 0.471. The topological polar surface area (TPSA) is 0 Å². The van der Waals surface area contributed by atoms with Crippen molar-refractivity contribution in [3.05, 3.63) is 0 Å². The van der Waals surface area contributed by atoms with Crippen molar-refractivity contribution >= 4 is 13.3 Å². The maximum Gasteiger partial charge on any atom is 0.106 e. The van der Waals surface area contributed by atoms with Gasteiger partial charge < -0.3 is 0 Å². The minimum Gasteiger partial charge on any atom is -0.0265 e. The molecule has 1 heteroatoms. The van der Waals surface area contributed by atoms with Gasteiger partial charge in [-0.3, -0.25) is 0 Å². The summed E-state index contributed by atoms with van der Waals surface area (Å²) in [5, 5.41) is 0. The lowest BCUT2D eigenvalue weighted by Gasteiger charge is -2.20. The predicted molar refractivity (Wildman–Crippen MR) is 40.1 cm³/mol. The Bertz CT molecular complexity index is 116. The van der Waals surface area contributed by atoms with Crippen LogP contribution in [0.3, 0.4) is 0 Å². The minimum absolute atomic E-state index is 0.471. The Kier molecular flexibility index (Phi) is 1.15. The van der Waals surface area contributed by atoms with Crippen molar-refractivity contribution in [2.45, 2.75) is 19.3 Å². The smallest absolute Gasteiger partial charge is 0.0265 e. The molecule has 0 nitrogen and oxygen atoms in total. The van der Waals surface area contributed by atoms with Crippen molar-refractivity contribution in [3.8, 4) is 0 Å². The van der Waals surface area contributed by atoms with E-state index in [1.165, 1.54) is 6.42 Å². The molecule has 3 heterocycles. The molecule has 1 saturated heterocycles. The van der Waals surface area contributed by atoms with E-state index in [4.69, 9.17) is 0 Å². The fraction of sp³-hybridized carbons (Fsp3) is 0.857. The summed E-state index contributed by atoms with van der Waals surface area (Å²) in [6, 6.07) is 0. The summed E-state index contributed by atoms with van der Waals surface area (Å²) < 4.78 is 0. The van der Waals surface area contributed by atoms with Crippen LogP contribution in [0.4, 0.5) is 0 Å². The molecule has 0 N–H and O–H groups in total. The molecule has 8 heavy (non-hydrogen) atoms. The molecule has 0 radical (unpaired) electrons. The molecule has 0 aromatic carbocycles. The lowest BCUT2D eigenvalue weighted by molar-refractivity contribution is 0.503. The van der Waals surface area contributed by atoms with Gasteiger partial charge >= 0.3 is 0 Å². The predicted octanol–water partition coefficient (Wildman–Crippen LogP) is 2.08. The SMILES string of the molecule is C1=[P+]2CCC(C1)CC2. The van der Waals surface area contributed by atoms with Crippen molar-refractivity contribution in [1.82, 2.24) is 0 Å². The van der Waals surface area contributed by atoms with Gasteiger partial charge in [0.25, 0.3) is 0 Å². The second-order valence-electron chi connectivity index (χ2n) is 2.90. The lowest BCUT2D eigenvalue weighted by atomic mass is 10.00. The van der Waals surface area contributed by atoms with E-state index < -0.39 is 0 Å². The summed E-state index contributed by atoms with van der Waals surface area (Å²) in [5.74, 6) is 3.72. The summed E-state index contributed by atoms with van der Waals surface area (Å²) in [7, 11) is 0.471. The Morgan fingerprint density at radius 3 is 2.12 bits per heavy atom. The maximum atomic E-state index is 2.60. The molecular formula is C7H12P+. The Morgan fingerprint density at radius 1 is 1.25 bits per heavy atom. The number of hydrogen-bond acceptors (Lipinski definition) is 0. The molecule has 3 aliphatic heterocycles. The van der Waals surface area contributed by atoms with Crippen LogP contribution in [-0.2, 0) is 0 Å². The highest BCUT2D eigenvalue weighted by Gasteiger charge is 2.28. The quantitative estimate of drug-likeness (QED) is 0.437. The normalized spacial score (nSPS) is 39.5. The fourth-order valence-electron chi connectivity index (χ4n) is 1.67. The molecule has 0 unspecified atom stereocenters. The maximum absolute atomic E-state index is 2.60. The van der Waals surface area contributed by atoms with E-state index in [1.54, 1.807) is 25.2 Å². The van der Waals surface area contributed by atoms with Crippen LogP contribution in [0.15, 0.2) is 0 Å². The molecule has 3 aliphatic rings. The van der Waals surface area contributed by atoms with Crippen molar-refractivity contribution < 1.29 is 0 Å². The van der Waals surface area contributed by atoms with Crippen LogP contribution >= 0.6 is 7.55 Å². The first-order valence-electron chi connectivity index (χ1n) is 3.52. The van der Waals surface area contributed by atoms with Gasteiger partial charge in [0.05, 0.1) is 13.3 Å². The molecule has 44 valence electrons. The number of hydrogen-bond donors (Lipinski definition) is 0. The highest BCUT2D eigenvalue weighted by Crippen LogP contribution is 2.40. The van der Waals surface area contributed by atoms with Gasteiger partial charge in [0.15, 0.2) is 0 Å². The van der Waals surface area contributed by atoms with Gasteiger partial charge in [0.1, 0.15) is 12.3 Å². The molecule has 0 saturated carbocycles. The number of fused-ring (bicyclic) bond motifs is 3. The first kappa shape index (κ1) is 4.99. The van der Waals surface area contributed by atoms with Crippen molar-refractivity contribution in [1.29, 1.82) is 0 Å². The van der Waals surface area contributed by atoms with Gasteiger partial charge in [-0.15, -0.1) is 0 Å². The number of rotatable bonds is 0. The van der Waals surface area contributed by atoms with Gasteiger partial charge in [-0.2, -0.15) is 0 Å². The molecule has 0 aromatic rings. The largest absolute Gasteiger partial charge is 0.106 e. The zero-order chi connectivity index (χ0) is 5.40. The third kappa shape index (κ3) is 0.717. The third-order valence-electron chi connectivity index (χ3n) is 2.35. The fourth-order valence-corrected chi connectivity index (χ4v) is 4.25. The Labute approximate surface area is 51.7 Å². The molecule has 0 spiro atoms. The van der Waals surface area contributed by atoms with E-state index in [1.807, 2.05) is 0 Å². The van der Waals surface area contributed by atoms with Gasteiger partial charge in [0.2, 0.25) is 0 Å². The Balaban J connectivity index is 2.22. The molecule has 0 aliphatic carbocycles. The summed E-state index contributed by atoms with van der Waals surface area (Å²) >= 11 is 0. The van der Waals surface area contributed by atoms with Crippen LogP contribution < -0.4 is 0 Å². The molecule has 0 aromatic heterocycles. The zero-order valence-electron chi connectivity index (χ0n) is 5.14. The average Bonchev–Trinajstić information content (AvgIpc) is 1.92. The zero-order valence-corrected chi connectivity index (χ0v) is 6.03. The lowest BCUT2D eigenvalue weighted by Crippen LogP contribution is -2.15. The van der Waals surface area contributed by atoms with Gasteiger partial charge in [0, 0.05) is 6.42 Å². The first-order chi connectivity index (χ1) is 3.95. The van der Waals surface area contributed by atoms with E-state index in [0.717, 1.165) is 5.92 Å². The van der Waals surface area contributed by atoms with Crippen molar-refractivity contribution in [2.75, 3.05) is 12.3 Å². The standard InChI is InChI=1S/C7H12P/c1-4-8-5-2-7(1)3-6-8/h4,7H,1-3,5-6H2/q+1. The highest BCUT2D eigenvalue weighted by atomic mass is 31.1. The van der Waals surface area contributed by atoms with Crippen LogP contribution in [0.5, 0.6) is 0 Å². The van der Waals surface area contributed by atoms with E-state index in [-0.39, 0.29) is 0 Å². The van der Waals surface area contributed by atoms with Crippen LogP contribution in [0.2, 0.25) is 0 Å². The summed E-state index contributed by atoms with van der Waals surface area (Å²) in [6.07, 6.45) is 7.72. The average molecular weight is 127 g/mol. The van der Waals surface area contributed by atoms with Crippen LogP contribution in [-0.4, -0.2) is 18.1 Å². The van der Waals surface area contributed by atoms with E-state index >= 15 is 0 Å². The van der Waals surface area contributed by atoms with Crippen LogP contribution in [0, 0.1) is 5.92 Å². The Hall–Kier alpha value is 0.170. The molecule has 1 fully saturated rings. The molecular weight excluding hydrogens is 115 g/mol. The van der Waals surface area contributed by atoms with E-state index in [9.17, 15) is 0 Å². The molecule has 0 atom stereocenters. The van der Waals surface area contributed by atoms with E-state index in [2.05, 4.69) is 5.80 Å². The summed E-state index contributed by atoms with van der Waals surface area (Å²) in [5.41, 5.74) is 0. The second kappa shape index (κ2) is 1.84. The van der Waals surface area contributed by atoms with E-state index in [0.29, 0.717) is 7.55 Å². The first-order valence-corrected chi connectivity index (χ1v) is 5.30. The van der Waals surface area contributed by atoms with Crippen molar-refractivity contribution in [2.24, 2.45) is 5.92 Å². The third-order valence-corrected chi connectivity index (χ3v) is 4.74. The monoisotopic (exact) mass is 127 g/mol. The molecule has 2 bridgehead atoms. The van der Waals surface area contributed by atoms with Gasteiger partial charge in [-0.25, -0.2) is 0 Å². The molecule has 3 rings (SSSR count). The summed E-state index contributed by atoms with van der Waals surface area (Å²) in [6.45, 7) is 0.